The summed E-state index contributed by atoms with van der Waals surface area (Å²) in [5.41, 5.74) is 3.22. The normalized spacial score (nSPS) is 11.1. The zero-order valence-corrected chi connectivity index (χ0v) is 19.4. The van der Waals surface area contributed by atoms with Gasteiger partial charge in [0.1, 0.15) is 6.61 Å². The molecule has 3 nitrogen and oxygen atoms in total. The second kappa shape index (κ2) is 9.98. The minimum atomic E-state index is 0.379. The fraction of sp³-hybridized carbons (Fsp3) is 0.0870. The first kappa shape index (κ1) is 21.4. The highest BCUT2D eigenvalue weighted by molar-refractivity contribution is 9.10. The maximum absolute atomic E-state index is 9.58. The molecule has 3 aromatic rings. The highest BCUT2D eigenvalue weighted by atomic mass is 79.9. The average molecular weight is 534 g/mol. The Morgan fingerprint density at radius 3 is 2.38 bits per heavy atom. The average Bonchev–Trinajstić information content (AvgIpc) is 2.72. The summed E-state index contributed by atoms with van der Waals surface area (Å²) in [6, 6.07) is 21.1. The molecule has 146 valence electrons. The Morgan fingerprint density at radius 2 is 1.76 bits per heavy atom. The molecule has 0 radical (unpaired) electrons. The molecule has 3 rings (SSSR count). The van der Waals surface area contributed by atoms with Crippen LogP contribution in [-0.4, -0.2) is 7.11 Å². The van der Waals surface area contributed by atoms with Gasteiger partial charge in [-0.3, -0.25) is 0 Å². The summed E-state index contributed by atoms with van der Waals surface area (Å²) in [4.78, 5) is 0. The van der Waals surface area contributed by atoms with Crippen molar-refractivity contribution in [1.82, 2.24) is 0 Å². The number of hydrogen-bond donors (Lipinski definition) is 0. The van der Waals surface area contributed by atoms with E-state index in [1.807, 2.05) is 66.7 Å². The standard InChI is InChI=1S/C23H16Br2ClNO2/c1-28-22-12-16(10-18(13-27)17-4-6-19(24)7-5-17)11-21(25)23(22)29-14-15-2-8-20(26)9-3-15/h2-12H,14H2,1H3. The van der Waals surface area contributed by atoms with Gasteiger partial charge >= 0.3 is 0 Å². The first-order chi connectivity index (χ1) is 14.0. The number of benzene rings is 3. The van der Waals surface area contributed by atoms with Crippen LogP contribution in [-0.2, 0) is 6.61 Å². The number of hydrogen-bond acceptors (Lipinski definition) is 3. The van der Waals surface area contributed by atoms with E-state index >= 15 is 0 Å². The van der Waals surface area contributed by atoms with Gasteiger partial charge in [-0.25, -0.2) is 0 Å². The smallest absolute Gasteiger partial charge is 0.175 e. The molecule has 0 N–H and O–H groups in total. The quantitative estimate of drug-likeness (QED) is 0.243. The molecule has 0 unspecified atom stereocenters. The maximum Gasteiger partial charge on any atom is 0.175 e. The van der Waals surface area contributed by atoms with Crippen molar-refractivity contribution in [2.45, 2.75) is 6.61 Å². The summed E-state index contributed by atoms with van der Waals surface area (Å²) in [6.07, 6.45) is 1.82. The number of nitriles is 1. The second-order valence-corrected chi connectivity index (χ2v) is 8.33. The third-order valence-electron chi connectivity index (χ3n) is 4.13. The summed E-state index contributed by atoms with van der Waals surface area (Å²) < 4.78 is 13.2. The van der Waals surface area contributed by atoms with E-state index in [-0.39, 0.29) is 0 Å². The molecule has 3 aromatic carbocycles. The molecule has 0 aliphatic heterocycles. The molecule has 6 heteroatoms. The van der Waals surface area contributed by atoms with Crippen LogP contribution in [0.1, 0.15) is 16.7 Å². The third kappa shape index (κ3) is 5.63. The van der Waals surface area contributed by atoms with Crippen LogP contribution in [0.15, 0.2) is 69.6 Å². The van der Waals surface area contributed by atoms with Crippen LogP contribution in [0.25, 0.3) is 11.6 Å². The number of nitrogens with zero attached hydrogens (tertiary/aromatic N) is 1. The Kier molecular flexibility index (Phi) is 7.38. The summed E-state index contributed by atoms with van der Waals surface area (Å²) in [6.45, 7) is 0.379. The summed E-state index contributed by atoms with van der Waals surface area (Å²) in [5.74, 6) is 1.18. The molecular weight excluding hydrogens is 518 g/mol. The van der Waals surface area contributed by atoms with Crippen molar-refractivity contribution in [3.63, 3.8) is 0 Å². The second-order valence-electron chi connectivity index (χ2n) is 6.13. The zero-order chi connectivity index (χ0) is 20.8. The number of methoxy groups -OCH3 is 1. The molecule has 0 aliphatic rings. The fourth-order valence-corrected chi connectivity index (χ4v) is 3.64. The lowest BCUT2D eigenvalue weighted by atomic mass is 10.0. The molecule has 0 saturated heterocycles. The van der Waals surface area contributed by atoms with Crippen molar-refractivity contribution in [1.29, 1.82) is 5.26 Å². The van der Waals surface area contributed by atoms with Crippen molar-refractivity contribution in [2.24, 2.45) is 0 Å². The number of ether oxygens (including phenoxy) is 2. The van der Waals surface area contributed by atoms with Gasteiger partial charge in [0.05, 0.1) is 23.2 Å². The van der Waals surface area contributed by atoms with E-state index in [0.29, 0.717) is 28.7 Å². The number of halogens is 3. The van der Waals surface area contributed by atoms with Gasteiger partial charge in [-0.2, -0.15) is 5.26 Å². The summed E-state index contributed by atoms with van der Waals surface area (Å²) in [5, 5.41) is 10.3. The van der Waals surface area contributed by atoms with E-state index in [0.717, 1.165) is 25.6 Å². The van der Waals surface area contributed by atoms with E-state index in [4.69, 9.17) is 21.1 Å². The monoisotopic (exact) mass is 531 g/mol. The molecular formula is C23H16Br2ClNO2. The molecule has 0 aromatic heterocycles. The molecule has 0 atom stereocenters. The highest BCUT2D eigenvalue weighted by Gasteiger charge is 2.12. The van der Waals surface area contributed by atoms with Crippen LogP contribution in [0.3, 0.4) is 0 Å². The van der Waals surface area contributed by atoms with E-state index in [1.54, 1.807) is 7.11 Å². The Bertz CT molecular complexity index is 1070. The lowest BCUT2D eigenvalue weighted by Crippen LogP contribution is -1.99. The fourth-order valence-electron chi connectivity index (χ4n) is 2.68. The Balaban J connectivity index is 1.88. The molecule has 0 aliphatic carbocycles. The van der Waals surface area contributed by atoms with Crippen LogP contribution < -0.4 is 9.47 Å². The highest BCUT2D eigenvalue weighted by Crippen LogP contribution is 2.38. The first-order valence-corrected chi connectivity index (χ1v) is 10.6. The summed E-state index contributed by atoms with van der Waals surface area (Å²) >= 11 is 12.9. The van der Waals surface area contributed by atoms with Crippen LogP contribution in [0.4, 0.5) is 0 Å². The van der Waals surface area contributed by atoms with Crippen molar-refractivity contribution in [2.75, 3.05) is 7.11 Å². The van der Waals surface area contributed by atoms with E-state index in [9.17, 15) is 5.26 Å². The molecule has 0 saturated carbocycles. The van der Waals surface area contributed by atoms with Crippen LogP contribution >= 0.6 is 43.5 Å². The van der Waals surface area contributed by atoms with E-state index < -0.39 is 0 Å². The van der Waals surface area contributed by atoms with Gasteiger partial charge in [-0.1, -0.05) is 51.8 Å². The Labute approximate surface area is 191 Å². The molecule has 0 fully saturated rings. The van der Waals surface area contributed by atoms with Gasteiger partial charge < -0.3 is 9.47 Å². The number of rotatable bonds is 6. The van der Waals surface area contributed by atoms with Gasteiger partial charge in [-0.05, 0) is 75.1 Å². The van der Waals surface area contributed by atoms with Crippen LogP contribution in [0.2, 0.25) is 5.02 Å². The molecule has 0 bridgehead atoms. The Hall–Kier alpha value is -2.26. The van der Waals surface area contributed by atoms with Gasteiger partial charge in [0.25, 0.3) is 0 Å². The van der Waals surface area contributed by atoms with Crippen molar-refractivity contribution < 1.29 is 9.47 Å². The molecule has 29 heavy (non-hydrogen) atoms. The SMILES string of the molecule is COc1cc(C=C(C#N)c2ccc(Br)cc2)cc(Br)c1OCc1ccc(Cl)cc1. The zero-order valence-electron chi connectivity index (χ0n) is 15.5. The van der Waals surface area contributed by atoms with Crippen LogP contribution in [0.5, 0.6) is 11.5 Å². The van der Waals surface area contributed by atoms with Crippen LogP contribution in [0, 0.1) is 11.3 Å². The molecule has 0 heterocycles. The minimum Gasteiger partial charge on any atom is -0.493 e. The van der Waals surface area contributed by atoms with Gasteiger partial charge in [0, 0.05) is 9.50 Å². The van der Waals surface area contributed by atoms with Crippen molar-refractivity contribution in [3.05, 3.63) is 91.3 Å². The van der Waals surface area contributed by atoms with Crippen molar-refractivity contribution >= 4 is 55.1 Å². The Morgan fingerprint density at radius 1 is 1.07 bits per heavy atom. The lowest BCUT2D eigenvalue weighted by Gasteiger charge is -2.14. The number of allylic oxidation sites excluding steroid dienone is 1. The van der Waals surface area contributed by atoms with Gasteiger partial charge in [0.2, 0.25) is 0 Å². The van der Waals surface area contributed by atoms with Gasteiger partial charge in [0.15, 0.2) is 11.5 Å². The van der Waals surface area contributed by atoms with E-state index in [2.05, 4.69) is 37.9 Å². The van der Waals surface area contributed by atoms with Crippen molar-refractivity contribution in [3.8, 4) is 17.6 Å². The molecule has 0 amide bonds. The maximum atomic E-state index is 9.58. The predicted molar refractivity (Wildman–Crippen MR) is 124 cm³/mol. The third-order valence-corrected chi connectivity index (χ3v) is 5.50. The lowest BCUT2D eigenvalue weighted by molar-refractivity contribution is 0.282. The minimum absolute atomic E-state index is 0.379. The topological polar surface area (TPSA) is 42.2 Å². The van der Waals surface area contributed by atoms with Gasteiger partial charge in [-0.15, -0.1) is 0 Å². The predicted octanol–water partition coefficient (Wildman–Crippen LogP) is 7.52. The van der Waals surface area contributed by atoms with E-state index in [1.165, 1.54) is 0 Å². The first-order valence-electron chi connectivity index (χ1n) is 8.62. The largest absolute Gasteiger partial charge is 0.493 e. The summed E-state index contributed by atoms with van der Waals surface area (Å²) in [7, 11) is 1.59. The molecule has 0 spiro atoms.